The van der Waals surface area contributed by atoms with Crippen LogP contribution < -0.4 is 0 Å². The van der Waals surface area contributed by atoms with Crippen LogP contribution in [-0.4, -0.2) is 9.97 Å². The summed E-state index contributed by atoms with van der Waals surface area (Å²) in [5.41, 5.74) is 2.05. The maximum atomic E-state index is 13.8. The van der Waals surface area contributed by atoms with Crippen molar-refractivity contribution in [3.05, 3.63) is 46.6 Å². The predicted molar refractivity (Wildman–Crippen MR) is 69.1 cm³/mol. The fourth-order valence-corrected chi connectivity index (χ4v) is 2.12. The summed E-state index contributed by atoms with van der Waals surface area (Å²) >= 11 is 5.99. The third-order valence-electron chi connectivity index (χ3n) is 3.05. The van der Waals surface area contributed by atoms with E-state index in [4.69, 9.17) is 11.6 Å². The molecule has 92 valence electrons. The smallest absolute Gasteiger partial charge is 0.133 e. The monoisotopic (exact) mass is 262 g/mol. The molecule has 1 aromatic heterocycles. The van der Waals surface area contributed by atoms with Gasteiger partial charge in [-0.05, 0) is 31.9 Å². The van der Waals surface area contributed by atoms with E-state index >= 15 is 0 Å². The van der Waals surface area contributed by atoms with Crippen molar-refractivity contribution in [1.82, 2.24) is 9.97 Å². The first-order chi connectivity index (χ1) is 8.63. The van der Waals surface area contributed by atoms with Gasteiger partial charge in [0.2, 0.25) is 0 Å². The maximum absolute atomic E-state index is 13.8. The first-order valence-corrected chi connectivity index (χ1v) is 6.32. The molecule has 1 heterocycles. The molecule has 0 radical (unpaired) electrons. The summed E-state index contributed by atoms with van der Waals surface area (Å²) in [6.45, 7) is 1.92. The lowest BCUT2D eigenvalue weighted by Crippen LogP contribution is -1.97. The van der Waals surface area contributed by atoms with Crippen LogP contribution in [0.25, 0.3) is 11.3 Å². The third kappa shape index (κ3) is 2.23. The highest BCUT2D eigenvalue weighted by molar-refractivity contribution is 6.29. The van der Waals surface area contributed by atoms with Gasteiger partial charge in [0.15, 0.2) is 0 Å². The van der Waals surface area contributed by atoms with Crippen molar-refractivity contribution < 1.29 is 4.39 Å². The molecule has 0 saturated heterocycles. The van der Waals surface area contributed by atoms with Gasteiger partial charge in [-0.15, -0.1) is 0 Å². The summed E-state index contributed by atoms with van der Waals surface area (Å²) < 4.78 is 13.8. The lowest BCUT2D eigenvalue weighted by Gasteiger charge is -2.06. The van der Waals surface area contributed by atoms with E-state index in [0.717, 1.165) is 24.2 Å². The van der Waals surface area contributed by atoms with E-state index in [9.17, 15) is 4.39 Å². The molecule has 18 heavy (non-hydrogen) atoms. The van der Waals surface area contributed by atoms with Gasteiger partial charge < -0.3 is 0 Å². The van der Waals surface area contributed by atoms with Gasteiger partial charge in [0.05, 0.1) is 5.69 Å². The van der Waals surface area contributed by atoms with Gasteiger partial charge in [0.25, 0.3) is 0 Å². The molecule has 0 bridgehead atoms. The molecule has 2 aromatic rings. The number of nitrogens with zero attached hydrogens (tertiary/aromatic N) is 2. The Bertz CT molecular complexity index is 609. The highest BCUT2D eigenvalue weighted by Gasteiger charge is 2.27. The Morgan fingerprint density at radius 2 is 2.00 bits per heavy atom. The van der Waals surface area contributed by atoms with Crippen LogP contribution in [0.3, 0.4) is 0 Å². The second kappa shape index (κ2) is 4.32. The number of hydrogen-bond acceptors (Lipinski definition) is 2. The first kappa shape index (κ1) is 11.6. The van der Waals surface area contributed by atoms with Gasteiger partial charge in [-0.25, -0.2) is 14.4 Å². The van der Waals surface area contributed by atoms with E-state index in [1.54, 1.807) is 18.2 Å². The molecule has 0 atom stereocenters. The van der Waals surface area contributed by atoms with Crippen molar-refractivity contribution in [2.24, 2.45) is 0 Å². The zero-order chi connectivity index (χ0) is 12.7. The Morgan fingerprint density at radius 1 is 1.22 bits per heavy atom. The van der Waals surface area contributed by atoms with Crippen LogP contribution in [-0.2, 0) is 0 Å². The largest absolute Gasteiger partial charge is 0.232 e. The van der Waals surface area contributed by atoms with E-state index in [2.05, 4.69) is 9.97 Å². The Kier molecular flexibility index (Phi) is 2.78. The molecule has 1 aliphatic rings. The van der Waals surface area contributed by atoms with Gasteiger partial charge in [-0.2, -0.15) is 0 Å². The van der Waals surface area contributed by atoms with Crippen molar-refractivity contribution in [1.29, 1.82) is 0 Å². The summed E-state index contributed by atoms with van der Waals surface area (Å²) in [5.74, 6) is 0.853. The molecule has 3 rings (SSSR count). The zero-order valence-electron chi connectivity index (χ0n) is 9.95. The molecule has 0 aliphatic heterocycles. The van der Waals surface area contributed by atoms with Gasteiger partial charge in [0, 0.05) is 17.5 Å². The first-order valence-electron chi connectivity index (χ1n) is 5.94. The third-order valence-corrected chi connectivity index (χ3v) is 3.25. The lowest BCUT2D eigenvalue weighted by molar-refractivity contribution is 0.630. The van der Waals surface area contributed by atoms with Crippen molar-refractivity contribution >= 4 is 11.6 Å². The van der Waals surface area contributed by atoms with Gasteiger partial charge >= 0.3 is 0 Å². The van der Waals surface area contributed by atoms with Crippen LogP contribution in [0.1, 0.15) is 30.1 Å². The fourth-order valence-electron chi connectivity index (χ4n) is 1.93. The van der Waals surface area contributed by atoms with Crippen LogP contribution >= 0.6 is 11.6 Å². The lowest BCUT2D eigenvalue weighted by atomic mass is 10.1. The molecular formula is C14H12ClFN2. The molecule has 0 amide bonds. The molecule has 4 heteroatoms. The molecule has 1 aliphatic carbocycles. The number of hydrogen-bond donors (Lipinski definition) is 0. The quantitative estimate of drug-likeness (QED) is 0.761. The predicted octanol–water partition coefficient (Wildman–Crippen LogP) is 4.12. The Balaban J connectivity index is 2.12. The number of aryl methyl sites for hydroxylation is 1. The van der Waals surface area contributed by atoms with E-state index in [1.165, 1.54) is 6.07 Å². The van der Waals surface area contributed by atoms with Crippen LogP contribution in [0.2, 0.25) is 5.15 Å². The van der Waals surface area contributed by atoms with E-state index < -0.39 is 0 Å². The topological polar surface area (TPSA) is 25.8 Å². The standard InChI is InChI=1S/C14H12ClFN2/c1-8-2-5-11(16)10(6-8)12-7-13(15)18-14(17-12)9-3-4-9/h2,5-7,9H,3-4H2,1H3. The minimum Gasteiger partial charge on any atom is -0.232 e. The number of halogens is 2. The average molecular weight is 263 g/mol. The van der Waals surface area contributed by atoms with Gasteiger partial charge in [-0.1, -0.05) is 23.2 Å². The molecule has 2 nitrogen and oxygen atoms in total. The summed E-state index contributed by atoms with van der Waals surface area (Å²) in [6.07, 6.45) is 2.19. The van der Waals surface area contributed by atoms with Crippen molar-refractivity contribution in [2.45, 2.75) is 25.7 Å². The minimum atomic E-state index is -0.280. The molecule has 1 fully saturated rings. The Labute approximate surface area is 110 Å². The Morgan fingerprint density at radius 3 is 2.72 bits per heavy atom. The summed E-state index contributed by atoms with van der Waals surface area (Å²) in [7, 11) is 0. The molecular weight excluding hydrogens is 251 g/mol. The normalized spacial score (nSPS) is 14.8. The second-order valence-corrected chi connectivity index (χ2v) is 5.08. The van der Waals surface area contributed by atoms with Crippen molar-refractivity contribution in [3.8, 4) is 11.3 Å². The summed E-state index contributed by atoms with van der Waals surface area (Å²) in [5, 5.41) is 0.378. The zero-order valence-corrected chi connectivity index (χ0v) is 10.7. The van der Waals surface area contributed by atoms with Crippen LogP contribution in [0.4, 0.5) is 4.39 Å². The fraction of sp³-hybridized carbons (Fsp3) is 0.286. The molecule has 0 N–H and O–H groups in total. The highest BCUT2D eigenvalue weighted by atomic mass is 35.5. The van der Waals surface area contributed by atoms with Crippen molar-refractivity contribution in [2.75, 3.05) is 0 Å². The van der Waals surface area contributed by atoms with Gasteiger partial charge in [-0.3, -0.25) is 0 Å². The summed E-state index contributed by atoms with van der Waals surface area (Å²) in [4.78, 5) is 8.64. The van der Waals surface area contributed by atoms with E-state index in [0.29, 0.717) is 22.3 Å². The Hall–Kier alpha value is -1.48. The molecule has 0 unspecified atom stereocenters. The van der Waals surface area contributed by atoms with Crippen LogP contribution in [0, 0.1) is 12.7 Å². The van der Waals surface area contributed by atoms with Crippen molar-refractivity contribution in [3.63, 3.8) is 0 Å². The maximum Gasteiger partial charge on any atom is 0.133 e. The summed E-state index contributed by atoms with van der Waals surface area (Å²) in [6, 6.07) is 6.59. The van der Waals surface area contributed by atoms with Gasteiger partial charge in [0.1, 0.15) is 16.8 Å². The van der Waals surface area contributed by atoms with Crippen LogP contribution in [0.15, 0.2) is 24.3 Å². The van der Waals surface area contributed by atoms with E-state index in [1.807, 2.05) is 6.92 Å². The minimum absolute atomic E-state index is 0.280. The van der Waals surface area contributed by atoms with Crippen LogP contribution in [0.5, 0.6) is 0 Å². The highest BCUT2D eigenvalue weighted by Crippen LogP contribution is 2.39. The second-order valence-electron chi connectivity index (χ2n) is 4.69. The molecule has 1 aromatic carbocycles. The molecule has 1 saturated carbocycles. The number of aromatic nitrogens is 2. The number of benzene rings is 1. The average Bonchev–Trinajstić information content (AvgIpc) is 3.15. The SMILES string of the molecule is Cc1ccc(F)c(-c2cc(Cl)nc(C3CC3)n2)c1. The van der Waals surface area contributed by atoms with E-state index in [-0.39, 0.29) is 5.82 Å². The molecule has 0 spiro atoms. The number of rotatable bonds is 2.